The second kappa shape index (κ2) is 8.47. The van der Waals surface area contributed by atoms with Crippen LogP contribution in [0.1, 0.15) is 11.1 Å². The van der Waals surface area contributed by atoms with Crippen molar-refractivity contribution in [3.63, 3.8) is 0 Å². The van der Waals surface area contributed by atoms with Gasteiger partial charge in [0.25, 0.3) is 0 Å². The molecular formula is C19H24ClN3S. The van der Waals surface area contributed by atoms with E-state index in [2.05, 4.69) is 61.4 Å². The lowest BCUT2D eigenvalue weighted by Gasteiger charge is -2.24. The van der Waals surface area contributed by atoms with Crippen molar-refractivity contribution in [1.82, 2.24) is 4.90 Å². The van der Waals surface area contributed by atoms with Crippen LogP contribution in [0.5, 0.6) is 0 Å². The Morgan fingerprint density at radius 1 is 1.04 bits per heavy atom. The van der Waals surface area contributed by atoms with Crippen LogP contribution < -0.4 is 10.2 Å². The van der Waals surface area contributed by atoms with E-state index in [1.807, 2.05) is 24.3 Å². The Balaban J connectivity index is 2.16. The molecule has 0 saturated heterocycles. The van der Waals surface area contributed by atoms with Crippen LogP contribution in [0.2, 0.25) is 5.02 Å². The molecule has 0 amide bonds. The van der Waals surface area contributed by atoms with Crippen LogP contribution in [-0.4, -0.2) is 44.1 Å². The van der Waals surface area contributed by atoms with Gasteiger partial charge in [0, 0.05) is 42.1 Å². The molecule has 0 fully saturated rings. The SMILES string of the molecule is Cc1c(C(=S)Nc2ccc(Cl)cc2)cccc1N(C)CCN(C)C. The molecule has 24 heavy (non-hydrogen) atoms. The number of hydrogen-bond acceptors (Lipinski definition) is 3. The molecule has 0 aliphatic heterocycles. The Hall–Kier alpha value is -1.62. The molecule has 0 saturated carbocycles. The van der Waals surface area contributed by atoms with Crippen LogP contribution in [-0.2, 0) is 0 Å². The predicted octanol–water partition coefficient (Wildman–Crippen LogP) is 4.43. The first-order valence-electron chi connectivity index (χ1n) is 7.91. The second-order valence-corrected chi connectivity index (χ2v) is 6.98. The minimum atomic E-state index is 0.715. The third kappa shape index (κ3) is 4.94. The van der Waals surface area contributed by atoms with Gasteiger partial charge in [0.15, 0.2) is 0 Å². The summed E-state index contributed by atoms with van der Waals surface area (Å²) in [6.45, 7) is 4.09. The fourth-order valence-corrected chi connectivity index (χ4v) is 2.95. The number of halogens is 1. The number of nitrogens with one attached hydrogen (secondary N) is 1. The minimum Gasteiger partial charge on any atom is -0.373 e. The molecular weight excluding hydrogens is 338 g/mol. The Bertz CT molecular complexity index is 698. The highest BCUT2D eigenvalue weighted by molar-refractivity contribution is 7.81. The highest BCUT2D eigenvalue weighted by Crippen LogP contribution is 2.24. The number of rotatable bonds is 6. The maximum absolute atomic E-state index is 5.93. The molecule has 0 radical (unpaired) electrons. The topological polar surface area (TPSA) is 18.5 Å². The molecule has 2 aromatic carbocycles. The molecule has 0 heterocycles. The van der Waals surface area contributed by atoms with Crippen molar-refractivity contribution in [3.8, 4) is 0 Å². The molecule has 5 heteroatoms. The summed E-state index contributed by atoms with van der Waals surface area (Å²) in [4.78, 5) is 5.17. The predicted molar refractivity (Wildman–Crippen MR) is 110 cm³/mol. The van der Waals surface area contributed by atoms with E-state index < -0.39 is 0 Å². The summed E-state index contributed by atoms with van der Waals surface area (Å²) in [5.41, 5.74) is 4.38. The van der Waals surface area contributed by atoms with E-state index >= 15 is 0 Å². The van der Waals surface area contributed by atoms with E-state index in [9.17, 15) is 0 Å². The second-order valence-electron chi connectivity index (χ2n) is 6.14. The monoisotopic (exact) mass is 361 g/mol. The van der Waals surface area contributed by atoms with E-state index in [1.54, 1.807) is 0 Å². The van der Waals surface area contributed by atoms with Crippen LogP contribution in [0.15, 0.2) is 42.5 Å². The molecule has 0 atom stereocenters. The minimum absolute atomic E-state index is 0.715. The van der Waals surface area contributed by atoms with Gasteiger partial charge in [-0.2, -0.15) is 0 Å². The zero-order chi connectivity index (χ0) is 17.7. The lowest BCUT2D eigenvalue weighted by molar-refractivity contribution is 0.416. The first-order valence-corrected chi connectivity index (χ1v) is 8.69. The number of benzene rings is 2. The molecule has 2 aromatic rings. The molecule has 2 rings (SSSR count). The average molecular weight is 362 g/mol. The standard InChI is InChI=1S/C19H24ClN3S/c1-14-17(19(24)21-16-10-8-15(20)9-11-16)6-5-7-18(14)23(4)13-12-22(2)3/h5-11H,12-13H2,1-4H3,(H,21,24). The van der Waals surface area contributed by atoms with Crippen LogP contribution in [0.3, 0.4) is 0 Å². The number of nitrogens with zero attached hydrogens (tertiary/aromatic N) is 2. The van der Waals surface area contributed by atoms with Gasteiger partial charge >= 0.3 is 0 Å². The van der Waals surface area contributed by atoms with E-state index in [0.717, 1.165) is 29.3 Å². The maximum atomic E-state index is 5.93. The molecule has 0 unspecified atom stereocenters. The van der Waals surface area contributed by atoms with Gasteiger partial charge in [0.1, 0.15) is 4.99 Å². The van der Waals surface area contributed by atoms with Crippen LogP contribution in [0, 0.1) is 6.92 Å². The molecule has 0 aliphatic rings. The van der Waals surface area contributed by atoms with Gasteiger partial charge < -0.3 is 15.1 Å². The van der Waals surface area contributed by atoms with E-state index in [1.165, 1.54) is 11.3 Å². The van der Waals surface area contributed by atoms with Gasteiger partial charge in [-0.3, -0.25) is 0 Å². The highest BCUT2D eigenvalue weighted by atomic mass is 35.5. The van der Waals surface area contributed by atoms with E-state index in [0.29, 0.717) is 5.02 Å². The smallest absolute Gasteiger partial charge is 0.111 e. The fourth-order valence-electron chi connectivity index (χ4n) is 2.49. The summed E-state index contributed by atoms with van der Waals surface area (Å²) >= 11 is 11.5. The van der Waals surface area contributed by atoms with Crippen molar-refractivity contribution in [2.45, 2.75) is 6.92 Å². The summed E-state index contributed by atoms with van der Waals surface area (Å²) in [5.74, 6) is 0. The van der Waals surface area contributed by atoms with Gasteiger partial charge in [0.2, 0.25) is 0 Å². The molecule has 1 N–H and O–H groups in total. The van der Waals surface area contributed by atoms with Crippen molar-refractivity contribution in [2.75, 3.05) is 44.4 Å². The molecule has 0 spiro atoms. The summed E-state index contributed by atoms with van der Waals surface area (Å²) in [5, 5.41) is 4.00. The Kier molecular flexibility index (Phi) is 6.60. The molecule has 3 nitrogen and oxygen atoms in total. The highest BCUT2D eigenvalue weighted by Gasteiger charge is 2.12. The lowest BCUT2D eigenvalue weighted by atomic mass is 10.1. The Morgan fingerprint density at radius 3 is 2.33 bits per heavy atom. The first-order chi connectivity index (χ1) is 11.4. The lowest BCUT2D eigenvalue weighted by Crippen LogP contribution is -2.29. The quantitative estimate of drug-likeness (QED) is 0.766. The van der Waals surface area contributed by atoms with Crippen molar-refractivity contribution in [3.05, 3.63) is 58.6 Å². The number of likely N-dealkylation sites (N-methyl/N-ethyl adjacent to an activating group) is 2. The molecule has 128 valence electrons. The van der Waals surface area contributed by atoms with Crippen LogP contribution >= 0.6 is 23.8 Å². The molecule has 0 bridgehead atoms. The zero-order valence-corrected chi connectivity index (χ0v) is 16.2. The van der Waals surface area contributed by atoms with Crippen molar-refractivity contribution in [2.24, 2.45) is 0 Å². The van der Waals surface area contributed by atoms with Gasteiger partial charge in [-0.1, -0.05) is 36.0 Å². The number of thiocarbonyl (C=S) groups is 1. The van der Waals surface area contributed by atoms with Crippen molar-refractivity contribution >= 4 is 40.2 Å². The van der Waals surface area contributed by atoms with E-state index in [-0.39, 0.29) is 0 Å². The summed E-state index contributed by atoms with van der Waals surface area (Å²) in [7, 11) is 6.29. The average Bonchev–Trinajstić information content (AvgIpc) is 2.54. The first kappa shape index (κ1) is 18.7. The normalized spacial score (nSPS) is 10.8. The molecule has 0 aromatic heterocycles. The summed E-state index contributed by atoms with van der Waals surface area (Å²) in [6.07, 6.45) is 0. The number of anilines is 2. The van der Waals surface area contributed by atoms with Gasteiger partial charge in [-0.05, 0) is 56.9 Å². The third-order valence-electron chi connectivity index (χ3n) is 3.95. The van der Waals surface area contributed by atoms with Gasteiger partial charge in [0.05, 0.1) is 0 Å². The van der Waals surface area contributed by atoms with Crippen molar-refractivity contribution in [1.29, 1.82) is 0 Å². The van der Waals surface area contributed by atoms with Crippen LogP contribution in [0.25, 0.3) is 0 Å². The largest absolute Gasteiger partial charge is 0.373 e. The maximum Gasteiger partial charge on any atom is 0.111 e. The van der Waals surface area contributed by atoms with Crippen LogP contribution in [0.4, 0.5) is 11.4 Å². The van der Waals surface area contributed by atoms with Crippen molar-refractivity contribution < 1.29 is 0 Å². The zero-order valence-electron chi connectivity index (χ0n) is 14.6. The fraction of sp³-hybridized carbons (Fsp3) is 0.316. The number of hydrogen-bond donors (Lipinski definition) is 1. The van der Waals surface area contributed by atoms with Gasteiger partial charge in [-0.15, -0.1) is 0 Å². The summed E-state index contributed by atoms with van der Waals surface area (Å²) in [6, 6.07) is 13.8. The molecule has 0 aliphatic carbocycles. The van der Waals surface area contributed by atoms with Gasteiger partial charge in [-0.25, -0.2) is 0 Å². The summed E-state index contributed by atoms with van der Waals surface area (Å²) < 4.78 is 0. The Labute approximate surface area is 155 Å². The third-order valence-corrected chi connectivity index (χ3v) is 4.52. The Morgan fingerprint density at radius 2 is 1.71 bits per heavy atom. The van der Waals surface area contributed by atoms with E-state index in [4.69, 9.17) is 23.8 Å².